The molecule has 0 aromatic rings. The van der Waals surface area contributed by atoms with Gasteiger partial charge in [0.1, 0.15) is 0 Å². The molecule has 0 amide bonds. The number of unbranched alkanes of at least 4 members (excludes halogenated alkanes) is 19. The van der Waals surface area contributed by atoms with E-state index in [0.717, 1.165) is 13.2 Å². The Morgan fingerprint density at radius 1 is 0.465 bits per heavy atom. The summed E-state index contributed by atoms with van der Waals surface area (Å²) in [5, 5.41) is 0. The van der Waals surface area contributed by atoms with Crippen molar-refractivity contribution in [3.63, 3.8) is 0 Å². The van der Waals surface area contributed by atoms with Crippen molar-refractivity contribution in [2.45, 2.75) is 174 Å². The van der Waals surface area contributed by atoms with Crippen molar-refractivity contribution in [2.75, 3.05) is 33.4 Å². The van der Waals surface area contributed by atoms with Gasteiger partial charge in [-0.15, -0.1) is 0 Å². The summed E-state index contributed by atoms with van der Waals surface area (Å²) >= 11 is 0. The van der Waals surface area contributed by atoms with E-state index in [1.54, 1.807) is 0 Å². The molecule has 0 unspecified atom stereocenters. The topological polar surface area (TPSA) is 12.5 Å². The highest BCUT2D eigenvalue weighted by Crippen LogP contribution is 2.38. The van der Waals surface area contributed by atoms with Crippen LogP contribution in [0.3, 0.4) is 0 Å². The molecule has 2 heteroatoms. The van der Waals surface area contributed by atoms with Crippen LogP contribution in [-0.4, -0.2) is 38.3 Å². The highest BCUT2D eigenvalue weighted by Gasteiger charge is 2.39. The highest BCUT2D eigenvalue weighted by molar-refractivity contribution is 5.02. The zero-order valence-corrected chi connectivity index (χ0v) is 29.5. The van der Waals surface area contributed by atoms with Crippen LogP contribution in [0.25, 0.3) is 0 Å². The molecule has 0 aromatic heterocycles. The molecule has 0 saturated carbocycles. The first kappa shape index (κ1) is 39.9. The molecule has 0 atom stereocenters. The van der Waals surface area contributed by atoms with Gasteiger partial charge in [0.05, 0.1) is 0 Å². The minimum absolute atomic E-state index is 0.547. The largest absolute Gasteiger partial charge is 0.381 e. The summed E-state index contributed by atoms with van der Waals surface area (Å²) in [5.41, 5.74) is 0.547. The molecular formula is C41H75NO. The maximum absolute atomic E-state index is 6.10. The van der Waals surface area contributed by atoms with Gasteiger partial charge in [-0.2, -0.15) is 0 Å². The lowest BCUT2D eigenvalue weighted by atomic mass is 9.73. The van der Waals surface area contributed by atoms with Crippen molar-refractivity contribution in [1.82, 2.24) is 4.90 Å². The summed E-state index contributed by atoms with van der Waals surface area (Å²) in [6.45, 7) is 9.02. The minimum Gasteiger partial charge on any atom is -0.381 e. The molecule has 250 valence electrons. The first-order valence-corrected chi connectivity index (χ1v) is 19.1. The lowest BCUT2D eigenvalue weighted by Crippen LogP contribution is -2.54. The van der Waals surface area contributed by atoms with Crippen LogP contribution in [0, 0.1) is 5.41 Å². The van der Waals surface area contributed by atoms with Gasteiger partial charge in [0.2, 0.25) is 0 Å². The predicted octanol–water partition coefficient (Wildman–Crippen LogP) is 13.0. The first-order chi connectivity index (χ1) is 21.2. The highest BCUT2D eigenvalue weighted by atomic mass is 16.5. The van der Waals surface area contributed by atoms with E-state index in [0.29, 0.717) is 5.41 Å². The molecule has 1 heterocycles. The monoisotopic (exact) mass is 598 g/mol. The molecule has 0 bridgehead atoms. The van der Waals surface area contributed by atoms with E-state index in [4.69, 9.17) is 4.74 Å². The van der Waals surface area contributed by atoms with Gasteiger partial charge in [-0.25, -0.2) is 0 Å². The van der Waals surface area contributed by atoms with Crippen molar-refractivity contribution >= 4 is 0 Å². The third-order valence-electron chi connectivity index (χ3n) is 9.19. The molecule has 2 nitrogen and oxygen atoms in total. The molecule has 43 heavy (non-hydrogen) atoms. The van der Waals surface area contributed by atoms with Gasteiger partial charge in [-0.1, -0.05) is 152 Å². The summed E-state index contributed by atoms with van der Waals surface area (Å²) in [5.74, 6) is 0. The van der Waals surface area contributed by atoms with Crippen LogP contribution in [-0.2, 0) is 4.74 Å². The lowest BCUT2D eigenvalue weighted by Gasteiger charge is -2.49. The normalized spacial score (nSPS) is 15.6. The molecule has 0 N–H and O–H groups in total. The summed E-state index contributed by atoms with van der Waals surface area (Å²) in [4.78, 5) is 2.50. The van der Waals surface area contributed by atoms with E-state index in [1.165, 1.54) is 174 Å². The van der Waals surface area contributed by atoms with E-state index in [9.17, 15) is 0 Å². The van der Waals surface area contributed by atoms with Crippen molar-refractivity contribution in [2.24, 2.45) is 5.41 Å². The second-order valence-corrected chi connectivity index (χ2v) is 13.7. The van der Waals surface area contributed by atoms with Crippen LogP contribution in [0.5, 0.6) is 0 Å². The van der Waals surface area contributed by atoms with E-state index < -0.39 is 0 Å². The van der Waals surface area contributed by atoms with Gasteiger partial charge in [0, 0.05) is 26.3 Å². The summed E-state index contributed by atoms with van der Waals surface area (Å²) in [6, 6.07) is 0. The Kier molecular flexibility index (Phi) is 28.7. The Labute approximate surface area is 270 Å². The number of likely N-dealkylation sites (tertiary alicyclic amines) is 1. The summed E-state index contributed by atoms with van der Waals surface area (Å²) in [7, 11) is 2.28. The second-order valence-electron chi connectivity index (χ2n) is 13.7. The molecule has 1 saturated heterocycles. The van der Waals surface area contributed by atoms with E-state index in [-0.39, 0.29) is 0 Å². The Morgan fingerprint density at radius 2 is 0.860 bits per heavy atom. The molecule has 1 aliphatic heterocycles. The first-order valence-electron chi connectivity index (χ1n) is 19.1. The van der Waals surface area contributed by atoms with Crippen molar-refractivity contribution in [3.8, 4) is 0 Å². The zero-order chi connectivity index (χ0) is 30.9. The predicted molar refractivity (Wildman–Crippen MR) is 194 cm³/mol. The average Bonchev–Trinajstić information content (AvgIpc) is 2.99. The van der Waals surface area contributed by atoms with Gasteiger partial charge in [-0.05, 0) is 83.1 Å². The van der Waals surface area contributed by atoms with Gasteiger partial charge < -0.3 is 9.64 Å². The number of rotatable bonds is 32. The molecule has 0 radical (unpaired) electrons. The van der Waals surface area contributed by atoms with Gasteiger partial charge in [-0.3, -0.25) is 0 Å². The van der Waals surface area contributed by atoms with Crippen LogP contribution in [0.4, 0.5) is 0 Å². The molecule has 1 rings (SSSR count). The fourth-order valence-corrected chi connectivity index (χ4v) is 6.47. The van der Waals surface area contributed by atoms with Crippen LogP contribution in [0.1, 0.15) is 174 Å². The minimum atomic E-state index is 0.547. The van der Waals surface area contributed by atoms with Crippen LogP contribution >= 0.6 is 0 Å². The third-order valence-corrected chi connectivity index (χ3v) is 9.19. The SMILES string of the molecule is CCCCC/C=C/C=C/CCCCCCCCCCC1(CCOCCCCCCC/C=C/C=C/CCCCC)CN(C)C1. The van der Waals surface area contributed by atoms with Gasteiger partial charge >= 0.3 is 0 Å². The molecule has 1 aliphatic rings. The average molecular weight is 598 g/mol. The molecule has 0 spiro atoms. The second kappa shape index (κ2) is 30.9. The Balaban J connectivity index is 1.90. The van der Waals surface area contributed by atoms with Gasteiger partial charge in [0.15, 0.2) is 0 Å². The van der Waals surface area contributed by atoms with Gasteiger partial charge in [0.25, 0.3) is 0 Å². The smallest absolute Gasteiger partial charge is 0.0472 e. The van der Waals surface area contributed by atoms with Crippen molar-refractivity contribution in [3.05, 3.63) is 48.6 Å². The zero-order valence-electron chi connectivity index (χ0n) is 29.5. The molecule has 0 aliphatic carbocycles. The Morgan fingerprint density at radius 3 is 1.30 bits per heavy atom. The fourth-order valence-electron chi connectivity index (χ4n) is 6.47. The third kappa shape index (κ3) is 25.9. The number of nitrogens with zero attached hydrogens (tertiary/aromatic N) is 1. The van der Waals surface area contributed by atoms with Crippen LogP contribution in [0.15, 0.2) is 48.6 Å². The van der Waals surface area contributed by atoms with E-state index >= 15 is 0 Å². The Bertz CT molecular complexity index is 632. The number of ether oxygens (including phenoxy) is 1. The van der Waals surface area contributed by atoms with Crippen LogP contribution < -0.4 is 0 Å². The summed E-state index contributed by atoms with van der Waals surface area (Å²) in [6.07, 6.45) is 51.8. The quantitative estimate of drug-likeness (QED) is 0.0565. The number of hydrogen-bond acceptors (Lipinski definition) is 2. The molecule has 1 fully saturated rings. The van der Waals surface area contributed by atoms with Crippen LogP contribution in [0.2, 0.25) is 0 Å². The molecular weight excluding hydrogens is 522 g/mol. The number of hydrogen-bond donors (Lipinski definition) is 0. The standard InChI is InChI=1S/C41H75NO/c1-4-6-8-10-12-14-16-18-20-21-22-23-25-27-29-31-33-35-41(39-42(3)40-41)36-38-43-37-34-32-30-28-26-24-19-17-15-13-11-9-7-5-2/h12-19H,4-11,20-40H2,1-3H3/b14-12+,15-13+,18-16+,19-17+. The Hall–Kier alpha value is -1.12. The maximum Gasteiger partial charge on any atom is 0.0472 e. The summed E-state index contributed by atoms with van der Waals surface area (Å²) < 4.78 is 6.10. The van der Waals surface area contributed by atoms with Crippen molar-refractivity contribution in [1.29, 1.82) is 0 Å². The molecule has 0 aromatic carbocycles. The number of allylic oxidation sites excluding steroid dienone is 8. The van der Waals surface area contributed by atoms with E-state index in [2.05, 4.69) is 74.4 Å². The van der Waals surface area contributed by atoms with E-state index in [1.807, 2.05) is 0 Å². The van der Waals surface area contributed by atoms with Crippen molar-refractivity contribution < 1.29 is 4.74 Å². The maximum atomic E-state index is 6.10. The lowest BCUT2D eigenvalue weighted by molar-refractivity contribution is -0.0199. The fraction of sp³-hybridized carbons (Fsp3) is 0.805.